The van der Waals surface area contributed by atoms with Crippen LogP contribution < -0.4 is 0 Å². The Morgan fingerprint density at radius 1 is 1.30 bits per heavy atom. The molecule has 0 aromatic heterocycles. The number of esters is 2. The molecule has 0 bridgehead atoms. The van der Waals surface area contributed by atoms with Crippen molar-refractivity contribution in [1.82, 2.24) is 0 Å². The van der Waals surface area contributed by atoms with Crippen LogP contribution in [0.2, 0.25) is 0 Å². The van der Waals surface area contributed by atoms with E-state index in [2.05, 4.69) is 22.6 Å². The molecule has 0 rings (SSSR count). The van der Waals surface area contributed by atoms with Crippen molar-refractivity contribution < 1.29 is 29.3 Å². The van der Waals surface area contributed by atoms with Crippen LogP contribution >= 0.6 is 0 Å². The Bertz CT molecular complexity index is 309. The molecule has 0 aromatic rings. The molecule has 0 aliphatic rings. The molecular weight excluding hydrogens is 264 g/mol. The molecule has 0 heterocycles. The number of carbonyl (C=O) groups excluding carboxylic acids is 2. The van der Waals surface area contributed by atoms with Crippen molar-refractivity contribution in [3.8, 4) is 0 Å². The lowest BCUT2D eigenvalue weighted by atomic mass is 10.3. The molecular formula is C14H24O6. The minimum Gasteiger partial charge on any atom is -0.463 e. The smallest absolute Gasteiger partial charge is 0.333 e. The van der Waals surface area contributed by atoms with Crippen molar-refractivity contribution in [2.45, 2.75) is 32.8 Å². The van der Waals surface area contributed by atoms with E-state index in [4.69, 9.17) is 10.2 Å². The van der Waals surface area contributed by atoms with Crippen LogP contribution in [-0.4, -0.2) is 48.1 Å². The van der Waals surface area contributed by atoms with Crippen molar-refractivity contribution >= 4 is 11.9 Å². The first kappa shape index (κ1) is 20.7. The second-order valence-electron chi connectivity index (χ2n) is 4.03. The summed E-state index contributed by atoms with van der Waals surface area (Å²) in [5.41, 5.74) is 0.348. The molecule has 0 saturated carbocycles. The van der Waals surface area contributed by atoms with Crippen molar-refractivity contribution in [1.29, 1.82) is 0 Å². The van der Waals surface area contributed by atoms with Gasteiger partial charge in [-0.05, 0) is 26.7 Å². The molecule has 0 fully saturated rings. The van der Waals surface area contributed by atoms with Crippen LogP contribution in [0.25, 0.3) is 0 Å². The summed E-state index contributed by atoms with van der Waals surface area (Å²) in [6, 6.07) is 0. The third-order valence-corrected chi connectivity index (χ3v) is 1.77. The first-order valence-electron chi connectivity index (χ1n) is 6.25. The largest absolute Gasteiger partial charge is 0.463 e. The van der Waals surface area contributed by atoms with Gasteiger partial charge in [0.1, 0.15) is 6.61 Å². The maximum Gasteiger partial charge on any atom is 0.333 e. The zero-order valence-corrected chi connectivity index (χ0v) is 12.1. The summed E-state index contributed by atoms with van der Waals surface area (Å²) in [5, 5.41) is 17.0. The van der Waals surface area contributed by atoms with Crippen LogP contribution in [0.3, 0.4) is 0 Å². The molecule has 0 aliphatic heterocycles. The molecule has 0 saturated heterocycles. The van der Waals surface area contributed by atoms with Crippen LogP contribution in [0.5, 0.6) is 0 Å². The lowest BCUT2D eigenvalue weighted by molar-refractivity contribution is -0.141. The van der Waals surface area contributed by atoms with Gasteiger partial charge in [0.2, 0.25) is 0 Å². The fourth-order valence-corrected chi connectivity index (χ4v) is 0.765. The molecule has 0 amide bonds. The van der Waals surface area contributed by atoms with Gasteiger partial charge in [-0.1, -0.05) is 13.2 Å². The van der Waals surface area contributed by atoms with Crippen LogP contribution in [-0.2, 0) is 19.1 Å². The van der Waals surface area contributed by atoms with Gasteiger partial charge in [0, 0.05) is 18.3 Å². The number of hydrogen-bond acceptors (Lipinski definition) is 6. The lowest BCUT2D eigenvalue weighted by Gasteiger charge is -2.04. The van der Waals surface area contributed by atoms with E-state index >= 15 is 0 Å². The molecule has 2 N–H and O–H groups in total. The van der Waals surface area contributed by atoms with Gasteiger partial charge in [0.25, 0.3) is 0 Å². The van der Waals surface area contributed by atoms with Gasteiger partial charge in [-0.15, -0.1) is 0 Å². The highest BCUT2D eigenvalue weighted by Gasteiger charge is 2.03. The second kappa shape index (κ2) is 13.8. The summed E-state index contributed by atoms with van der Waals surface area (Å²) in [7, 11) is 0. The zero-order valence-electron chi connectivity index (χ0n) is 12.1. The maximum atomic E-state index is 10.6. The Morgan fingerprint density at radius 3 is 2.30 bits per heavy atom. The standard InChI is InChI=1S/2C7H12O3/c1-5(2)7(9)10-4-6(3)8;1-2-7(9)10-6-4-3-5-8/h6,8H,1,4H2,2-3H3;2,8H,1,3-6H2. The normalized spacial score (nSPS) is 10.6. The summed E-state index contributed by atoms with van der Waals surface area (Å²) in [4.78, 5) is 21.0. The fourth-order valence-electron chi connectivity index (χ4n) is 0.765. The zero-order chi connectivity index (χ0) is 16.0. The Hall–Kier alpha value is -1.66. The van der Waals surface area contributed by atoms with Crippen molar-refractivity contribution in [3.63, 3.8) is 0 Å². The highest BCUT2D eigenvalue weighted by Crippen LogP contribution is 1.92. The Kier molecular flexibility index (Phi) is 14.2. The molecule has 20 heavy (non-hydrogen) atoms. The van der Waals surface area contributed by atoms with E-state index in [1.165, 1.54) is 0 Å². The number of rotatable bonds is 8. The SMILES string of the molecule is C=C(C)C(=O)OCC(C)O.C=CC(=O)OCCCCO. The Balaban J connectivity index is 0. The van der Waals surface area contributed by atoms with Crippen LogP contribution in [0.1, 0.15) is 26.7 Å². The molecule has 0 spiro atoms. The number of unbranched alkanes of at least 4 members (excludes halogenated alkanes) is 1. The van der Waals surface area contributed by atoms with Gasteiger partial charge in [-0.3, -0.25) is 0 Å². The average molecular weight is 288 g/mol. The van der Waals surface area contributed by atoms with Gasteiger partial charge in [-0.25, -0.2) is 9.59 Å². The maximum absolute atomic E-state index is 10.6. The van der Waals surface area contributed by atoms with Gasteiger partial charge in [0.05, 0.1) is 12.7 Å². The van der Waals surface area contributed by atoms with E-state index < -0.39 is 18.0 Å². The summed E-state index contributed by atoms with van der Waals surface area (Å²) in [5.74, 6) is -0.862. The number of carbonyl (C=O) groups is 2. The second-order valence-corrected chi connectivity index (χ2v) is 4.03. The minimum atomic E-state index is -0.608. The number of hydrogen-bond donors (Lipinski definition) is 2. The van der Waals surface area contributed by atoms with E-state index in [9.17, 15) is 9.59 Å². The third kappa shape index (κ3) is 16.3. The topological polar surface area (TPSA) is 93.1 Å². The monoisotopic (exact) mass is 288 g/mol. The highest BCUT2D eigenvalue weighted by atomic mass is 16.5. The summed E-state index contributed by atoms with van der Waals surface area (Å²) >= 11 is 0. The first-order valence-corrected chi connectivity index (χ1v) is 6.25. The average Bonchev–Trinajstić information content (AvgIpc) is 2.41. The van der Waals surface area contributed by atoms with Crippen LogP contribution in [0.4, 0.5) is 0 Å². The number of aliphatic hydroxyl groups is 2. The van der Waals surface area contributed by atoms with Crippen LogP contribution in [0.15, 0.2) is 24.8 Å². The molecule has 116 valence electrons. The Labute approximate surface area is 119 Å². The Morgan fingerprint density at radius 2 is 1.90 bits per heavy atom. The van der Waals surface area contributed by atoms with E-state index in [1.54, 1.807) is 13.8 Å². The number of aliphatic hydroxyl groups excluding tert-OH is 2. The fraction of sp³-hybridized carbons (Fsp3) is 0.571. The van der Waals surface area contributed by atoms with Gasteiger partial charge in [-0.2, -0.15) is 0 Å². The van der Waals surface area contributed by atoms with Crippen molar-refractivity contribution in [2.75, 3.05) is 19.8 Å². The highest BCUT2D eigenvalue weighted by molar-refractivity contribution is 5.86. The third-order valence-electron chi connectivity index (χ3n) is 1.77. The summed E-state index contributed by atoms with van der Waals surface area (Å²) < 4.78 is 9.20. The van der Waals surface area contributed by atoms with E-state index in [0.717, 1.165) is 6.08 Å². The molecule has 0 aliphatic carbocycles. The van der Waals surface area contributed by atoms with Gasteiger partial charge in [0.15, 0.2) is 0 Å². The molecule has 6 nitrogen and oxygen atoms in total. The van der Waals surface area contributed by atoms with Crippen LogP contribution in [0, 0.1) is 0 Å². The minimum absolute atomic E-state index is 0.0334. The molecule has 1 atom stereocenters. The lowest BCUT2D eigenvalue weighted by Crippen LogP contribution is -2.15. The summed E-state index contributed by atoms with van der Waals surface area (Å²) in [6.07, 6.45) is 1.89. The van der Waals surface area contributed by atoms with E-state index in [0.29, 0.717) is 25.0 Å². The quantitative estimate of drug-likeness (QED) is 0.393. The predicted molar refractivity (Wildman–Crippen MR) is 74.9 cm³/mol. The molecule has 0 radical (unpaired) electrons. The van der Waals surface area contributed by atoms with Crippen molar-refractivity contribution in [3.05, 3.63) is 24.8 Å². The first-order chi connectivity index (χ1) is 9.34. The molecule has 1 unspecified atom stereocenters. The van der Waals surface area contributed by atoms with Crippen molar-refractivity contribution in [2.24, 2.45) is 0 Å². The van der Waals surface area contributed by atoms with Gasteiger partial charge >= 0.3 is 11.9 Å². The number of ether oxygens (including phenoxy) is 2. The van der Waals surface area contributed by atoms with E-state index in [1.807, 2.05) is 0 Å². The predicted octanol–water partition coefficient (Wildman–Crippen LogP) is 0.975. The molecule has 6 heteroatoms. The van der Waals surface area contributed by atoms with Gasteiger partial charge < -0.3 is 19.7 Å². The molecule has 0 aromatic carbocycles. The summed E-state index contributed by atoms with van der Waals surface area (Å²) in [6.45, 7) is 10.3. The van der Waals surface area contributed by atoms with E-state index in [-0.39, 0.29) is 13.2 Å².